The summed E-state index contributed by atoms with van der Waals surface area (Å²) in [5, 5.41) is 9.20. The van der Waals surface area contributed by atoms with Gasteiger partial charge in [0.25, 0.3) is 0 Å². The molecule has 2 saturated heterocycles. The fourth-order valence-corrected chi connectivity index (χ4v) is 3.57. The summed E-state index contributed by atoms with van der Waals surface area (Å²) >= 11 is 0. The molecule has 2 aliphatic heterocycles. The molecule has 4 heteroatoms. The van der Waals surface area contributed by atoms with Crippen molar-refractivity contribution in [3.05, 3.63) is 24.3 Å². The molecular weight excluding hydrogens is 242 g/mol. The minimum absolute atomic E-state index is 0.167. The van der Waals surface area contributed by atoms with Gasteiger partial charge in [0.15, 0.2) is 0 Å². The molecule has 2 heterocycles. The Morgan fingerprint density at radius 1 is 1.32 bits per heavy atom. The zero-order valence-electron chi connectivity index (χ0n) is 11.1. The molecule has 0 aromatic heterocycles. The number of anilines is 1. The van der Waals surface area contributed by atoms with Crippen molar-refractivity contribution in [2.75, 3.05) is 12.0 Å². The summed E-state index contributed by atoms with van der Waals surface area (Å²) in [4.78, 5) is 13.6. The molecule has 4 nitrogen and oxygen atoms in total. The minimum Gasteiger partial charge on any atom is -0.497 e. The Labute approximate surface area is 113 Å². The highest BCUT2D eigenvalue weighted by molar-refractivity contribution is 5.71. The Hall–Kier alpha value is -1.71. The number of carbonyl (C=O) groups is 1. The van der Waals surface area contributed by atoms with Crippen molar-refractivity contribution in [2.45, 2.75) is 37.8 Å². The molecule has 1 aromatic carbocycles. The molecule has 1 aromatic rings. The molecule has 2 aliphatic rings. The summed E-state index contributed by atoms with van der Waals surface area (Å²) < 4.78 is 5.28. The Morgan fingerprint density at radius 3 is 2.58 bits per heavy atom. The predicted octanol–water partition coefficient (Wildman–Crippen LogP) is 2.53. The highest BCUT2D eigenvalue weighted by Gasteiger charge is 2.43. The second-order valence-corrected chi connectivity index (χ2v) is 5.50. The summed E-state index contributed by atoms with van der Waals surface area (Å²) in [5.74, 6) is 0.0545. The van der Waals surface area contributed by atoms with E-state index < -0.39 is 5.97 Å². The number of rotatable bonds is 3. The smallest absolute Gasteiger partial charge is 0.306 e. The van der Waals surface area contributed by atoms with Crippen LogP contribution in [-0.4, -0.2) is 30.3 Å². The average molecular weight is 261 g/mol. The number of methoxy groups -OCH3 is 1. The van der Waals surface area contributed by atoms with Crippen LogP contribution in [0.15, 0.2) is 24.3 Å². The highest BCUT2D eigenvalue weighted by Crippen LogP contribution is 2.42. The number of hydrogen-bond acceptors (Lipinski definition) is 3. The first-order valence-electron chi connectivity index (χ1n) is 6.84. The second kappa shape index (κ2) is 4.76. The highest BCUT2D eigenvalue weighted by atomic mass is 16.5. The first kappa shape index (κ1) is 12.3. The average Bonchev–Trinajstić information content (AvgIpc) is 2.69. The normalized spacial score (nSPS) is 29.3. The maximum absolute atomic E-state index is 11.2. The number of carboxylic acid groups (broad SMARTS) is 1. The second-order valence-electron chi connectivity index (χ2n) is 5.50. The first-order chi connectivity index (χ1) is 9.19. The van der Waals surface area contributed by atoms with Gasteiger partial charge < -0.3 is 14.7 Å². The molecule has 102 valence electrons. The number of piperidine rings is 1. The molecule has 3 rings (SSSR count). The fraction of sp³-hybridized carbons (Fsp3) is 0.533. The van der Waals surface area contributed by atoms with Gasteiger partial charge in [-0.25, -0.2) is 0 Å². The van der Waals surface area contributed by atoms with Crippen LogP contribution in [-0.2, 0) is 4.79 Å². The number of nitrogens with zero attached hydrogens (tertiary/aromatic N) is 1. The number of carboxylic acids is 1. The van der Waals surface area contributed by atoms with Gasteiger partial charge in [-0.2, -0.15) is 0 Å². The molecule has 0 spiro atoms. The van der Waals surface area contributed by atoms with Crippen molar-refractivity contribution < 1.29 is 14.6 Å². The van der Waals surface area contributed by atoms with E-state index in [1.54, 1.807) is 7.11 Å². The Morgan fingerprint density at radius 2 is 2.00 bits per heavy atom. The quantitative estimate of drug-likeness (QED) is 0.908. The van der Waals surface area contributed by atoms with Gasteiger partial charge in [0.05, 0.1) is 13.0 Å². The lowest BCUT2D eigenvalue weighted by molar-refractivity contribution is -0.142. The molecule has 19 heavy (non-hydrogen) atoms. The SMILES string of the molecule is COc1cccc(N2C3CCC2CC(C(=O)O)C3)c1. The van der Waals surface area contributed by atoms with Crippen molar-refractivity contribution in [2.24, 2.45) is 5.92 Å². The van der Waals surface area contributed by atoms with E-state index in [0.717, 1.165) is 37.1 Å². The summed E-state index contributed by atoms with van der Waals surface area (Å²) in [6.07, 6.45) is 3.74. The number of ether oxygens (including phenoxy) is 1. The zero-order chi connectivity index (χ0) is 13.4. The largest absolute Gasteiger partial charge is 0.497 e. The zero-order valence-corrected chi connectivity index (χ0v) is 11.1. The summed E-state index contributed by atoms with van der Waals surface area (Å²) in [6, 6.07) is 8.81. The van der Waals surface area contributed by atoms with Gasteiger partial charge in [0.2, 0.25) is 0 Å². The van der Waals surface area contributed by atoms with Crippen LogP contribution in [0.1, 0.15) is 25.7 Å². The molecule has 1 N–H and O–H groups in total. The van der Waals surface area contributed by atoms with E-state index in [0.29, 0.717) is 12.1 Å². The van der Waals surface area contributed by atoms with E-state index in [-0.39, 0.29) is 5.92 Å². The van der Waals surface area contributed by atoms with Crippen LogP contribution in [0.3, 0.4) is 0 Å². The van der Waals surface area contributed by atoms with E-state index in [1.165, 1.54) is 0 Å². The molecule has 0 aliphatic carbocycles. The van der Waals surface area contributed by atoms with Gasteiger partial charge in [0, 0.05) is 23.8 Å². The Bertz CT molecular complexity index is 474. The first-order valence-corrected chi connectivity index (χ1v) is 6.84. The van der Waals surface area contributed by atoms with E-state index in [9.17, 15) is 9.90 Å². The van der Waals surface area contributed by atoms with Crippen molar-refractivity contribution >= 4 is 11.7 Å². The van der Waals surface area contributed by atoms with Crippen LogP contribution < -0.4 is 9.64 Å². The van der Waals surface area contributed by atoms with Gasteiger partial charge in [-0.3, -0.25) is 4.79 Å². The lowest BCUT2D eigenvalue weighted by atomic mass is 9.90. The maximum atomic E-state index is 11.2. The van der Waals surface area contributed by atoms with Crippen LogP contribution in [0, 0.1) is 5.92 Å². The van der Waals surface area contributed by atoms with Crippen molar-refractivity contribution in [1.29, 1.82) is 0 Å². The molecule has 2 fully saturated rings. The van der Waals surface area contributed by atoms with Gasteiger partial charge in [0.1, 0.15) is 5.75 Å². The van der Waals surface area contributed by atoms with E-state index in [4.69, 9.17) is 4.74 Å². The van der Waals surface area contributed by atoms with Gasteiger partial charge in [-0.1, -0.05) is 6.07 Å². The molecular formula is C15H19NO3. The third kappa shape index (κ3) is 2.15. The van der Waals surface area contributed by atoms with Crippen LogP contribution in [0.25, 0.3) is 0 Å². The van der Waals surface area contributed by atoms with Crippen LogP contribution in [0.5, 0.6) is 5.75 Å². The summed E-state index contributed by atoms with van der Waals surface area (Å²) in [7, 11) is 1.67. The molecule has 0 saturated carbocycles. The van der Waals surface area contributed by atoms with Gasteiger partial charge in [-0.15, -0.1) is 0 Å². The van der Waals surface area contributed by atoms with Crippen LogP contribution in [0.2, 0.25) is 0 Å². The Balaban J connectivity index is 1.85. The van der Waals surface area contributed by atoms with Crippen molar-refractivity contribution in [3.8, 4) is 5.75 Å². The van der Waals surface area contributed by atoms with Crippen molar-refractivity contribution in [3.63, 3.8) is 0 Å². The van der Waals surface area contributed by atoms with Gasteiger partial charge >= 0.3 is 5.97 Å². The van der Waals surface area contributed by atoms with E-state index in [2.05, 4.69) is 11.0 Å². The number of fused-ring (bicyclic) bond motifs is 2. The number of benzene rings is 1. The fourth-order valence-electron chi connectivity index (χ4n) is 3.57. The standard InChI is InChI=1S/C15H19NO3/c1-19-14-4-2-3-11(9-14)16-12-5-6-13(16)8-10(7-12)15(17)18/h2-4,9-10,12-13H,5-8H2,1H3,(H,17,18). The monoisotopic (exact) mass is 261 g/mol. The van der Waals surface area contributed by atoms with E-state index in [1.807, 2.05) is 18.2 Å². The lowest BCUT2D eigenvalue weighted by Crippen LogP contribution is -2.44. The predicted molar refractivity (Wildman–Crippen MR) is 72.6 cm³/mol. The summed E-state index contributed by atoms with van der Waals surface area (Å²) in [6.45, 7) is 0. The van der Waals surface area contributed by atoms with Gasteiger partial charge in [-0.05, 0) is 37.8 Å². The minimum atomic E-state index is -0.637. The maximum Gasteiger partial charge on any atom is 0.306 e. The van der Waals surface area contributed by atoms with Crippen LogP contribution >= 0.6 is 0 Å². The Kier molecular flexibility index (Phi) is 3.09. The van der Waals surface area contributed by atoms with Crippen LogP contribution in [0.4, 0.5) is 5.69 Å². The molecule has 0 radical (unpaired) electrons. The van der Waals surface area contributed by atoms with Crippen molar-refractivity contribution in [1.82, 2.24) is 0 Å². The molecule has 2 unspecified atom stereocenters. The lowest BCUT2D eigenvalue weighted by Gasteiger charge is -2.39. The third-order valence-electron chi connectivity index (χ3n) is 4.43. The summed E-state index contributed by atoms with van der Waals surface area (Å²) in [5.41, 5.74) is 1.16. The molecule has 0 amide bonds. The number of aliphatic carboxylic acids is 1. The topological polar surface area (TPSA) is 49.8 Å². The third-order valence-corrected chi connectivity index (χ3v) is 4.43. The number of hydrogen-bond donors (Lipinski definition) is 1. The molecule has 2 bridgehead atoms. The van der Waals surface area contributed by atoms with E-state index >= 15 is 0 Å². The molecule has 2 atom stereocenters.